The summed E-state index contributed by atoms with van der Waals surface area (Å²) in [5.74, 6) is -0.768. The molecule has 0 aromatic heterocycles. The van der Waals surface area contributed by atoms with Crippen molar-refractivity contribution in [2.24, 2.45) is 0 Å². The van der Waals surface area contributed by atoms with Crippen LogP contribution in [0, 0.1) is 0 Å². The molecule has 1 saturated carbocycles. The Labute approximate surface area is 115 Å². The Kier molecular flexibility index (Phi) is 4.81. The van der Waals surface area contributed by atoms with E-state index in [0.29, 0.717) is 18.6 Å². The molecule has 2 N–H and O–H groups in total. The van der Waals surface area contributed by atoms with E-state index in [4.69, 9.17) is 4.74 Å². The second-order valence-electron chi connectivity index (χ2n) is 5.93. The van der Waals surface area contributed by atoms with E-state index in [1.807, 2.05) is 0 Å². The number of hydrogen-bond donors (Lipinski definition) is 2. The standard InChI is InChI=1S/C14H26N2O3/c1-14(15-2,13(17)18)7-4-8-16-9-10-19-12-6-3-5-11(12)16/h11-12,15H,3-10H2,1-2H3,(H,17,18). The molecule has 0 spiro atoms. The van der Waals surface area contributed by atoms with E-state index in [-0.39, 0.29) is 0 Å². The molecule has 2 rings (SSSR count). The number of hydrogen-bond acceptors (Lipinski definition) is 4. The molecule has 3 unspecified atom stereocenters. The highest BCUT2D eigenvalue weighted by Gasteiger charge is 2.36. The largest absolute Gasteiger partial charge is 0.480 e. The number of nitrogens with one attached hydrogen (secondary N) is 1. The molecule has 19 heavy (non-hydrogen) atoms. The predicted octanol–water partition coefficient (Wildman–Crippen LogP) is 1.08. The van der Waals surface area contributed by atoms with Gasteiger partial charge in [-0.3, -0.25) is 9.69 Å². The zero-order valence-corrected chi connectivity index (χ0v) is 12.0. The summed E-state index contributed by atoms with van der Waals surface area (Å²) in [6.07, 6.45) is 5.66. The van der Waals surface area contributed by atoms with Gasteiger partial charge in [0.05, 0.1) is 12.7 Å². The van der Waals surface area contributed by atoms with Gasteiger partial charge in [-0.2, -0.15) is 0 Å². The summed E-state index contributed by atoms with van der Waals surface area (Å²) in [6, 6.07) is 0.569. The summed E-state index contributed by atoms with van der Waals surface area (Å²) in [5, 5.41) is 12.1. The highest BCUT2D eigenvalue weighted by Crippen LogP contribution is 2.30. The van der Waals surface area contributed by atoms with E-state index in [2.05, 4.69) is 10.2 Å². The lowest BCUT2D eigenvalue weighted by molar-refractivity contribution is -0.144. The molecule has 0 radical (unpaired) electrons. The molecule has 5 heteroatoms. The molecular formula is C14H26N2O3. The third kappa shape index (κ3) is 3.27. The first-order chi connectivity index (χ1) is 9.07. The molecule has 3 atom stereocenters. The van der Waals surface area contributed by atoms with Gasteiger partial charge in [-0.15, -0.1) is 0 Å². The normalized spacial score (nSPS) is 30.8. The molecule has 0 aromatic carbocycles. The minimum atomic E-state index is -0.804. The van der Waals surface area contributed by atoms with Crippen molar-refractivity contribution in [1.82, 2.24) is 10.2 Å². The van der Waals surface area contributed by atoms with Gasteiger partial charge in [0.2, 0.25) is 0 Å². The van der Waals surface area contributed by atoms with E-state index in [9.17, 15) is 9.90 Å². The third-order valence-corrected chi connectivity index (χ3v) is 4.74. The van der Waals surface area contributed by atoms with Gasteiger partial charge >= 0.3 is 5.97 Å². The zero-order chi connectivity index (χ0) is 13.9. The zero-order valence-electron chi connectivity index (χ0n) is 12.0. The first-order valence-corrected chi connectivity index (χ1v) is 7.35. The lowest BCUT2D eigenvalue weighted by atomic mass is 9.96. The molecule has 1 saturated heterocycles. The first kappa shape index (κ1) is 14.8. The number of aliphatic carboxylic acids is 1. The van der Waals surface area contributed by atoms with E-state index in [1.165, 1.54) is 19.3 Å². The molecule has 5 nitrogen and oxygen atoms in total. The van der Waals surface area contributed by atoms with Gasteiger partial charge in [-0.1, -0.05) is 0 Å². The van der Waals surface area contributed by atoms with E-state index in [1.54, 1.807) is 14.0 Å². The highest BCUT2D eigenvalue weighted by molar-refractivity contribution is 5.78. The second kappa shape index (κ2) is 6.20. The summed E-state index contributed by atoms with van der Waals surface area (Å²) in [4.78, 5) is 13.7. The molecule has 0 bridgehead atoms. The number of carboxylic acid groups (broad SMARTS) is 1. The summed E-state index contributed by atoms with van der Waals surface area (Å²) >= 11 is 0. The topological polar surface area (TPSA) is 61.8 Å². The van der Waals surface area contributed by atoms with Crippen LogP contribution in [-0.4, -0.2) is 60.4 Å². The fourth-order valence-corrected chi connectivity index (χ4v) is 3.26. The van der Waals surface area contributed by atoms with Crippen molar-refractivity contribution in [1.29, 1.82) is 0 Å². The Morgan fingerprint density at radius 3 is 3.00 bits per heavy atom. The van der Waals surface area contributed by atoms with Gasteiger partial charge in [-0.05, 0) is 52.6 Å². The number of rotatable bonds is 6. The smallest absolute Gasteiger partial charge is 0.323 e. The number of carbonyl (C=O) groups is 1. The average molecular weight is 270 g/mol. The van der Waals surface area contributed by atoms with Crippen LogP contribution >= 0.6 is 0 Å². The number of likely N-dealkylation sites (N-methyl/N-ethyl adjacent to an activating group) is 1. The lowest BCUT2D eigenvalue weighted by Crippen LogP contribution is -2.50. The summed E-state index contributed by atoms with van der Waals surface area (Å²) in [6.45, 7) is 4.55. The van der Waals surface area contributed by atoms with Crippen molar-refractivity contribution >= 4 is 5.97 Å². The van der Waals surface area contributed by atoms with Crippen molar-refractivity contribution in [3.05, 3.63) is 0 Å². The molecule has 1 aliphatic heterocycles. The Bertz CT molecular complexity index is 324. The number of fused-ring (bicyclic) bond motifs is 1. The van der Waals surface area contributed by atoms with Crippen LogP contribution in [0.15, 0.2) is 0 Å². The van der Waals surface area contributed by atoms with Gasteiger partial charge in [-0.25, -0.2) is 0 Å². The lowest BCUT2D eigenvalue weighted by Gasteiger charge is -2.38. The average Bonchev–Trinajstić information content (AvgIpc) is 2.87. The Balaban J connectivity index is 1.80. The number of ether oxygens (including phenoxy) is 1. The van der Waals surface area contributed by atoms with Gasteiger partial charge in [0, 0.05) is 12.6 Å². The minimum absolute atomic E-state index is 0.420. The maximum atomic E-state index is 11.2. The Morgan fingerprint density at radius 1 is 1.53 bits per heavy atom. The van der Waals surface area contributed by atoms with Crippen molar-refractivity contribution in [3.8, 4) is 0 Å². The fourth-order valence-electron chi connectivity index (χ4n) is 3.26. The quantitative estimate of drug-likeness (QED) is 0.756. The molecular weight excluding hydrogens is 244 g/mol. The van der Waals surface area contributed by atoms with Crippen LogP contribution in [0.2, 0.25) is 0 Å². The van der Waals surface area contributed by atoms with Crippen LogP contribution in [0.25, 0.3) is 0 Å². The number of morpholine rings is 1. The maximum absolute atomic E-state index is 11.2. The Morgan fingerprint density at radius 2 is 2.32 bits per heavy atom. The van der Waals surface area contributed by atoms with E-state index in [0.717, 1.165) is 26.1 Å². The second-order valence-corrected chi connectivity index (χ2v) is 5.93. The molecule has 110 valence electrons. The third-order valence-electron chi connectivity index (χ3n) is 4.74. The van der Waals surface area contributed by atoms with Crippen molar-refractivity contribution < 1.29 is 14.6 Å². The SMILES string of the molecule is CNC(C)(CCCN1CCOC2CCCC21)C(=O)O. The van der Waals surface area contributed by atoms with Crippen LogP contribution in [-0.2, 0) is 9.53 Å². The maximum Gasteiger partial charge on any atom is 0.323 e. The highest BCUT2D eigenvalue weighted by atomic mass is 16.5. The van der Waals surface area contributed by atoms with Gasteiger partial charge in [0.15, 0.2) is 0 Å². The van der Waals surface area contributed by atoms with Crippen LogP contribution in [0.3, 0.4) is 0 Å². The van der Waals surface area contributed by atoms with Crippen LogP contribution in [0.1, 0.15) is 39.0 Å². The van der Waals surface area contributed by atoms with Gasteiger partial charge in [0.25, 0.3) is 0 Å². The fraction of sp³-hybridized carbons (Fsp3) is 0.929. The summed E-state index contributed by atoms with van der Waals surface area (Å²) in [7, 11) is 1.72. The first-order valence-electron chi connectivity index (χ1n) is 7.35. The minimum Gasteiger partial charge on any atom is -0.480 e. The number of carboxylic acids is 1. The van der Waals surface area contributed by atoms with Crippen LogP contribution in [0.4, 0.5) is 0 Å². The molecule has 1 aliphatic carbocycles. The molecule has 2 fully saturated rings. The van der Waals surface area contributed by atoms with E-state index < -0.39 is 11.5 Å². The molecule has 2 aliphatic rings. The van der Waals surface area contributed by atoms with Crippen molar-refractivity contribution in [3.63, 3.8) is 0 Å². The van der Waals surface area contributed by atoms with Gasteiger partial charge < -0.3 is 15.2 Å². The van der Waals surface area contributed by atoms with Crippen molar-refractivity contribution in [2.45, 2.75) is 56.7 Å². The molecule has 0 aromatic rings. The monoisotopic (exact) mass is 270 g/mol. The molecule has 0 amide bonds. The van der Waals surface area contributed by atoms with Crippen LogP contribution < -0.4 is 5.32 Å². The summed E-state index contributed by atoms with van der Waals surface area (Å²) < 4.78 is 5.79. The van der Waals surface area contributed by atoms with Crippen LogP contribution in [0.5, 0.6) is 0 Å². The number of nitrogens with zero attached hydrogens (tertiary/aromatic N) is 1. The van der Waals surface area contributed by atoms with Gasteiger partial charge in [0.1, 0.15) is 5.54 Å². The predicted molar refractivity (Wildman–Crippen MR) is 73.3 cm³/mol. The van der Waals surface area contributed by atoms with E-state index >= 15 is 0 Å². The molecule has 1 heterocycles. The Hall–Kier alpha value is -0.650. The summed E-state index contributed by atoms with van der Waals surface area (Å²) in [5.41, 5.74) is -0.804. The van der Waals surface area contributed by atoms with Crippen molar-refractivity contribution in [2.75, 3.05) is 26.7 Å².